The van der Waals surface area contributed by atoms with Crippen LogP contribution in [0.2, 0.25) is 0 Å². The van der Waals surface area contributed by atoms with Gasteiger partial charge in [-0.25, -0.2) is 26.8 Å². The average molecular weight is 538 g/mol. The van der Waals surface area contributed by atoms with Gasteiger partial charge in [0.15, 0.2) is 14.9 Å². The number of rotatable bonds is 8. The van der Waals surface area contributed by atoms with Gasteiger partial charge in [-0.15, -0.1) is 0 Å². The predicted molar refractivity (Wildman–Crippen MR) is 127 cm³/mol. The molecule has 1 aliphatic heterocycles. The maximum Gasteiger partial charge on any atom is 0.373 e. The molecule has 1 aliphatic rings. The Morgan fingerprint density at radius 2 is 1.75 bits per heavy atom. The van der Waals surface area contributed by atoms with E-state index in [1.54, 1.807) is 11.6 Å². The van der Waals surface area contributed by atoms with E-state index in [-0.39, 0.29) is 34.7 Å². The van der Waals surface area contributed by atoms with Crippen LogP contribution in [-0.2, 0) is 26.9 Å². The minimum Gasteiger partial charge on any atom is -0.469 e. The Bertz CT molecular complexity index is 1480. The zero-order chi connectivity index (χ0) is 26.1. The Labute approximate surface area is 207 Å². The van der Waals surface area contributed by atoms with Crippen LogP contribution in [0.3, 0.4) is 0 Å². The lowest BCUT2D eigenvalue weighted by atomic mass is 10.1. The smallest absolute Gasteiger partial charge is 0.373 e. The fourth-order valence-corrected chi connectivity index (χ4v) is 5.70. The third-order valence-corrected chi connectivity index (χ3v) is 8.39. The molecule has 0 unspecified atom stereocenters. The molecule has 1 fully saturated rings. The summed E-state index contributed by atoms with van der Waals surface area (Å²) in [6.45, 7) is 0.306. The largest absolute Gasteiger partial charge is 0.469 e. The fourth-order valence-electron chi connectivity index (χ4n) is 3.63. The Morgan fingerprint density at radius 3 is 2.31 bits per heavy atom. The normalized spacial score (nSPS) is 15.5. The lowest BCUT2D eigenvalue weighted by Gasteiger charge is -2.30. The number of anilines is 2. The summed E-state index contributed by atoms with van der Waals surface area (Å²) in [5, 5.41) is 14.6. The van der Waals surface area contributed by atoms with Crippen LogP contribution in [-0.4, -0.2) is 71.0 Å². The topological polar surface area (TPSA) is 180 Å². The Morgan fingerprint density at radius 1 is 1.08 bits per heavy atom. The van der Waals surface area contributed by atoms with E-state index in [4.69, 9.17) is 4.74 Å². The lowest BCUT2D eigenvalue weighted by molar-refractivity contribution is -0.385. The van der Waals surface area contributed by atoms with Gasteiger partial charge in [-0.05, 0) is 37.1 Å². The summed E-state index contributed by atoms with van der Waals surface area (Å²) in [5.74, 6) is -0.386. The van der Waals surface area contributed by atoms with E-state index in [0.29, 0.717) is 18.5 Å². The zero-order valence-corrected chi connectivity index (χ0v) is 20.9. The van der Waals surface area contributed by atoms with Gasteiger partial charge < -0.3 is 14.6 Å². The molecule has 3 heterocycles. The first-order valence-electron chi connectivity index (χ1n) is 10.7. The molecule has 0 spiro atoms. The molecule has 0 bridgehead atoms. The van der Waals surface area contributed by atoms with Crippen LogP contribution in [0.5, 0.6) is 5.88 Å². The van der Waals surface area contributed by atoms with E-state index in [0.717, 1.165) is 12.6 Å². The van der Waals surface area contributed by atoms with Gasteiger partial charge in [0.1, 0.15) is 12.4 Å². The van der Waals surface area contributed by atoms with Crippen LogP contribution in [0.1, 0.15) is 12.8 Å². The number of imidazole rings is 1. The van der Waals surface area contributed by atoms with Gasteiger partial charge in [-0.2, -0.15) is 9.29 Å². The molecule has 3 aromatic rings. The highest BCUT2D eigenvalue weighted by molar-refractivity contribution is 7.90. The van der Waals surface area contributed by atoms with Crippen molar-refractivity contribution < 1.29 is 26.5 Å². The van der Waals surface area contributed by atoms with Crippen molar-refractivity contribution >= 4 is 37.1 Å². The second-order valence-electron chi connectivity index (χ2n) is 8.15. The Balaban J connectivity index is 1.48. The van der Waals surface area contributed by atoms with Crippen molar-refractivity contribution in [1.29, 1.82) is 0 Å². The minimum absolute atomic E-state index is 0.0453. The molecule has 0 radical (unpaired) electrons. The third-order valence-electron chi connectivity index (χ3n) is 5.48. The molecule has 0 atom stereocenters. The van der Waals surface area contributed by atoms with Crippen molar-refractivity contribution in [3.63, 3.8) is 0 Å². The number of aryl methyl sites for hydroxylation is 1. The fraction of sp³-hybridized carbons (Fsp3) is 0.350. The summed E-state index contributed by atoms with van der Waals surface area (Å²) < 4.78 is 57.5. The van der Waals surface area contributed by atoms with Crippen molar-refractivity contribution in [3.05, 3.63) is 53.2 Å². The molecule has 0 aliphatic carbocycles. The highest BCUT2D eigenvalue weighted by atomic mass is 32.2. The lowest BCUT2D eigenvalue weighted by Crippen LogP contribution is -2.42. The van der Waals surface area contributed by atoms with Crippen molar-refractivity contribution in [2.24, 2.45) is 7.05 Å². The van der Waals surface area contributed by atoms with Gasteiger partial charge in [0, 0.05) is 38.3 Å². The standard InChI is InChI=1S/C20H23N7O7S2/c1-25-11-17(23-13-25)36(32,33)26-9-7-15(8-10-26)34-20-18(27(28)29)19(21-12-22-20)24-14-3-5-16(6-4-14)35(2,30)31/h3-6,11-13,15H,7-10H2,1-2H3,(H,21,22,24). The molecule has 36 heavy (non-hydrogen) atoms. The summed E-state index contributed by atoms with van der Waals surface area (Å²) in [7, 11) is -5.47. The molecule has 1 N–H and O–H groups in total. The van der Waals surface area contributed by atoms with E-state index < -0.39 is 36.6 Å². The van der Waals surface area contributed by atoms with Crippen LogP contribution in [0.15, 0.2) is 53.0 Å². The van der Waals surface area contributed by atoms with Gasteiger partial charge in [-0.3, -0.25) is 10.1 Å². The molecule has 0 amide bonds. The highest BCUT2D eigenvalue weighted by Crippen LogP contribution is 2.34. The summed E-state index contributed by atoms with van der Waals surface area (Å²) in [5.41, 5.74) is -0.114. The van der Waals surface area contributed by atoms with Gasteiger partial charge in [0.05, 0.1) is 16.1 Å². The predicted octanol–water partition coefficient (Wildman–Crippen LogP) is 1.50. The van der Waals surface area contributed by atoms with Crippen LogP contribution in [0, 0.1) is 10.1 Å². The molecule has 192 valence electrons. The quantitative estimate of drug-likeness (QED) is 0.325. The van der Waals surface area contributed by atoms with Crippen molar-refractivity contribution in [2.75, 3.05) is 24.7 Å². The minimum atomic E-state index is -3.75. The third kappa shape index (κ3) is 5.44. The molecular formula is C20H23N7O7S2. The summed E-state index contributed by atoms with van der Waals surface area (Å²) in [6, 6.07) is 5.66. The zero-order valence-electron chi connectivity index (χ0n) is 19.3. The second kappa shape index (κ2) is 9.79. The van der Waals surface area contributed by atoms with Crippen molar-refractivity contribution in [2.45, 2.75) is 28.9 Å². The Hall–Kier alpha value is -3.63. The van der Waals surface area contributed by atoms with E-state index in [9.17, 15) is 26.9 Å². The number of sulfonamides is 1. The highest BCUT2D eigenvalue weighted by Gasteiger charge is 2.33. The number of sulfone groups is 1. The number of ether oxygens (including phenoxy) is 1. The summed E-state index contributed by atoms with van der Waals surface area (Å²) >= 11 is 0. The molecule has 14 nitrogen and oxygen atoms in total. The summed E-state index contributed by atoms with van der Waals surface area (Å²) in [4.78, 5) is 23.0. The Kier molecular flexibility index (Phi) is 6.92. The molecule has 1 aromatic carbocycles. The molecule has 0 saturated carbocycles. The van der Waals surface area contributed by atoms with E-state index >= 15 is 0 Å². The van der Waals surface area contributed by atoms with E-state index in [2.05, 4.69) is 20.3 Å². The first-order chi connectivity index (χ1) is 16.9. The number of aromatic nitrogens is 4. The number of nitrogens with zero attached hydrogens (tertiary/aromatic N) is 6. The molecule has 1 saturated heterocycles. The SMILES string of the molecule is Cn1cnc(S(=O)(=O)N2CCC(Oc3ncnc(Nc4ccc(S(C)(=O)=O)cc4)c3[N+](=O)[O-])CC2)c1. The van der Waals surface area contributed by atoms with Crippen LogP contribution >= 0.6 is 0 Å². The van der Waals surface area contributed by atoms with Crippen LogP contribution in [0.4, 0.5) is 17.2 Å². The number of benzene rings is 1. The number of nitrogens with one attached hydrogen (secondary N) is 1. The molecule has 16 heteroatoms. The molecule has 4 rings (SSSR count). The van der Waals surface area contributed by atoms with Gasteiger partial charge >= 0.3 is 5.69 Å². The molecule has 2 aromatic heterocycles. The van der Waals surface area contributed by atoms with E-state index in [1.807, 2.05) is 0 Å². The summed E-state index contributed by atoms with van der Waals surface area (Å²) in [6.07, 6.45) is 5.10. The maximum absolute atomic E-state index is 12.8. The molecular weight excluding hydrogens is 514 g/mol. The maximum atomic E-state index is 12.8. The second-order valence-corrected chi connectivity index (χ2v) is 12.1. The van der Waals surface area contributed by atoms with Crippen molar-refractivity contribution in [1.82, 2.24) is 23.8 Å². The van der Waals surface area contributed by atoms with Crippen LogP contribution < -0.4 is 10.1 Å². The first-order valence-corrected chi connectivity index (χ1v) is 14.0. The number of hydrogen-bond acceptors (Lipinski definition) is 11. The number of nitro groups is 1. The first kappa shape index (κ1) is 25.5. The van der Waals surface area contributed by atoms with Gasteiger partial charge in [-0.1, -0.05) is 0 Å². The van der Waals surface area contributed by atoms with Gasteiger partial charge in [0.2, 0.25) is 5.82 Å². The van der Waals surface area contributed by atoms with Gasteiger partial charge in [0.25, 0.3) is 15.9 Å². The van der Waals surface area contributed by atoms with Crippen LogP contribution in [0.25, 0.3) is 0 Å². The number of hydrogen-bond donors (Lipinski definition) is 1. The van der Waals surface area contributed by atoms with E-state index in [1.165, 1.54) is 41.1 Å². The average Bonchev–Trinajstić information content (AvgIpc) is 3.26. The number of piperidine rings is 1. The van der Waals surface area contributed by atoms with Crippen molar-refractivity contribution in [3.8, 4) is 5.88 Å². The monoisotopic (exact) mass is 537 g/mol.